The van der Waals surface area contributed by atoms with Crippen molar-refractivity contribution in [2.75, 3.05) is 13.2 Å². The Labute approximate surface area is 476 Å². The third-order valence-electron chi connectivity index (χ3n) is 18.2. The molecular weight excluding hydrogens is 1060 g/mol. The highest BCUT2D eigenvalue weighted by Crippen LogP contribution is 2.61. The molecule has 1 fully saturated rings. The lowest BCUT2D eigenvalue weighted by molar-refractivity contribution is -0.133. The summed E-state index contributed by atoms with van der Waals surface area (Å²) in [6.07, 6.45) is 19.7. The van der Waals surface area contributed by atoms with Crippen LogP contribution in [0.2, 0.25) is 0 Å². The van der Waals surface area contributed by atoms with E-state index in [1.165, 1.54) is 11.3 Å². The molecule has 1 spiro atoms. The molecule has 4 N–H and O–H groups in total. The molecule has 8 aromatic rings. The van der Waals surface area contributed by atoms with Gasteiger partial charge >= 0.3 is 0 Å². The summed E-state index contributed by atoms with van der Waals surface area (Å²) in [7, 11) is 0. The summed E-state index contributed by atoms with van der Waals surface area (Å²) in [5, 5.41) is 6.13. The van der Waals surface area contributed by atoms with Gasteiger partial charge < -0.3 is 9.47 Å². The maximum absolute atomic E-state index is 15.7. The van der Waals surface area contributed by atoms with E-state index in [1.54, 1.807) is 24.3 Å². The highest BCUT2D eigenvalue weighted by Gasteiger charge is 2.61. The topological polar surface area (TPSA) is 228 Å². The summed E-state index contributed by atoms with van der Waals surface area (Å²) >= 11 is 2.33. The molecular formula is C64H68N4O11S2. The van der Waals surface area contributed by atoms with Crippen LogP contribution in [0.5, 0.6) is 0 Å². The first-order valence-electron chi connectivity index (χ1n) is 29.6. The van der Waals surface area contributed by atoms with Crippen molar-refractivity contribution in [2.45, 2.75) is 185 Å². The van der Waals surface area contributed by atoms with Crippen LogP contribution in [0.25, 0.3) is 31.3 Å². The molecule has 3 aliphatic carbocycles. The van der Waals surface area contributed by atoms with Gasteiger partial charge in [0.25, 0.3) is 28.0 Å². The number of unbranched alkanes of at least 4 members (excludes halogenated alkanes) is 12. The quantitative estimate of drug-likeness (QED) is 0.0284. The lowest BCUT2D eigenvalue weighted by Crippen LogP contribution is -2.44. The molecule has 0 saturated carbocycles. The van der Waals surface area contributed by atoms with Gasteiger partial charge in [0.05, 0.1) is 34.8 Å². The number of H-pyrrole nitrogens is 2. The Morgan fingerprint density at radius 1 is 0.494 bits per heavy atom. The largest absolute Gasteiger partial charge is 0.337 e. The number of hydrogen-bond donors (Lipinski definition) is 4. The molecule has 11 heterocycles. The van der Waals surface area contributed by atoms with Crippen LogP contribution in [0.15, 0.2) is 66.7 Å². The fraction of sp³-hybridized carbons (Fsp3) is 0.484. The van der Waals surface area contributed by atoms with Gasteiger partial charge in [-0.25, -0.2) is 0 Å². The number of carbonyl (C=O) groups is 5. The Kier molecular flexibility index (Phi) is 14.5. The Hall–Kier alpha value is -6.53. The fourth-order valence-electron chi connectivity index (χ4n) is 14.4. The minimum atomic E-state index is -2.02. The van der Waals surface area contributed by atoms with Crippen LogP contribution in [-0.4, -0.2) is 52.6 Å². The van der Waals surface area contributed by atoms with Gasteiger partial charge in [-0.3, -0.25) is 63.8 Å². The summed E-state index contributed by atoms with van der Waals surface area (Å²) in [6, 6.07) is 6.79. The number of carbonyl (C=O) groups excluding carboxylic acids is 5. The van der Waals surface area contributed by atoms with E-state index in [2.05, 4.69) is 48.3 Å². The number of Topliss-reactive ketones (excluding diaryl/α,β-unsaturated/α-hetero) is 1. The van der Waals surface area contributed by atoms with Crippen LogP contribution in [0.3, 0.4) is 0 Å². The molecule has 0 radical (unpaired) electrons. The molecule has 8 aliphatic rings. The number of ketones is 1. The molecule has 4 atom stereocenters. The van der Waals surface area contributed by atoms with Gasteiger partial charge in [-0.15, -0.1) is 22.7 Å². The SMILES string of the molecule is CCCCCCC1=CC2(c3cc4c(s3)-c3sc(C56C=C(CCCCCC)C(C(=O)NC5=O)c5c6c6cc(CCCCCC)c5c(=O)[nH]c6=O)cc3C3(OCCO3)C4=O)C(=O)NC(=O)C1c1c2c2cc(CCCCCC)c1c(=O)[nH]c2=O. The van der Waals surface area contributed by atoms with E-state index in [9.17, 15) is 28.8 Å². The van der Waals surface area contributed by atoms with Gasteiger partial charge in [-0.05, 0) is 109 Å². The normalized spacial score (nSPS) is 22.2. The third-order valence-corrected chi connectivity index (χ3v) is 20.9. The smallest absolute Gasteiger partial charge is 0.262 e. The zero-order valence-electron chi connectivity index (χ0n) is 46.5. The van der Waals surface area contributed by atoms with Crippen molar-refractivity contribution in [3.05, 3.63) is 143 Å². The molecule has 4 amide bonds. The summed E-state index contributed by atoms with van der Waals surface area (Å²) in [5.41, 5.74) is -2.20. The number of hydrogen-bond acceptors (Lipinski definition) is 13. The van der Waals surface area contributed by atoms with Gasteiger partial charge in [-0.2, -0.15) is 0 Å². The summed E-state index contributed by atoms with van der Waals surface area (Å²) in [6.45, 7) is 8.51. The van der Waals surface area contributed by atoms with Crippen LogP contribution in [0.4, 0.5) is 0 Å². The van der Waals surface area contributed by atoms with Gasteiger partial charge in [0.15, 0.2) is 0 Å². The Morgan fingerprint density at radius 3 is 1.36 bits per heavy atom. The number of aryl methyl sites for hydroxylation is 2. The van der Waals surface area contributed by atoms with Crippen molar-refractivity contribution < 1.29 is 33.4 Å². The van der Waals surface area contributed by atoms with E-state index in [4.69, 9.17) is 9.47 Å². The minimum Gasteiger partial charge on any atom is -0.337 e. The summed E-state index contributed by atoms with van der Waals surface area (Å²) in [5.74, 6) is -7.27. The molecule has 15 nitrogen and oxygen atoms in total. The number of fused-ring (bicyclic) bond motifs is 14. The highest BCUT2D eigenvalue weighted by atomic mass is 32.1. The van der Waals surface area contributed by atoms with E-state index in [-0.39, 0.29) is 51.4 Å². The number of ether oxygens (including phenoxy) is 2. The molecule has 81 heavy (non-hydrogen) atoms. The number of benzene rings is 2. The second kappa shape index (κ2) is 21.3. The lowest BCUT2D eigenvalue weighted by Gasteiger charge is -2.35. The molecule has 422 valence electrons. The monoisotopic (exact) mass is 1130 g/mol. The third kappa shape index (κ3) is 8.31. The van der Waals surface area contributed by atoms with Crippen molar-refractivity contribution in [3.63, 3.8) is 0 Å². The summed E-state index contributed by atoms with van der Waals surface area (Å²) < 4.78 is 12.9. The fourth-order valence-corrected chi connectivity index (χ4v) is 17.3. The minimum absolute atomic E-state index is 0.0371. The average molecular weight is 1130 g/mol. The van der Waals surface area contributed by atoms with Crippen molar-refractivity contribution >= 4 is 73.6 Å². The molecule has 16 rings (SSSR count). The highest BCUT2D eigenvalue weighted by molar-refractivity contribution is 7.23. The predicted octanol–water partition coefficient (Wildman–Crippen LogP) is 10.3. The zero-order valence-corrected chi connectivity index (χ0v) is 48.1. The molecule has 1 saturated heterocycles. The van der Waals surface area contributed by atoms with Crippen LogP contribution in [-0.2, 0) is 58.1 Å². The molecule has 17 heteroatoms. The molecule has 4 unspecified atom stereocenters. The van der Waals surface area contributed by atoms with Crippen LogP contribution in [0, 0.1) is 0 Å². The van der Waals surface area contributed by atoms with E-state index < -0.39 is 80.1 Å². The standard InChI is InChI=1S/C64H68N4O11S2/c1-5-9-13-17-21-33-27-37-49-47(43(33)56(72)65-54(37)70)45-35(23-19-15-11-7-3)31-62(49,60(76)67-58(45)74)41-29-39-51(80-41)52-40(64(53(39)69)78-25-26-79-64)30-42(81-52)63-32-36(24-20-16-12-8-4)46(59(75)68-61(63)77)48-44-34(22-18-14-10-6-2)28-38(50(48)63)55(71)66-57(44)73/h27-32,45-46H,5-26H2,1-4H3,(H,65,70,72)(H,66,71,73)(H,67,74,76)(H,68,75,77). The molecule has 6 aromatic heterocycles. The van der Waals surface area contributed by atoms with Crippen molar-refractivity contribution in [2.24, 2.45) is 0 Å². The number of amides is 4. The number of imide groups is 2. The Morgan fingerprint density at radius 2 is 0.914 bits per heavy atom. The molecule has 8 bridgehead atoms. The summed E-state index contributed by atoms with van der Waals surface area (Å²) in [4.78, 5) is 141. The van der Waals surface area contributed by atoms with Crippen LogP contribution < -0.4 is 32.9 Å². The van der Waals surface area contributed by atoms with Gasteiger partial charge in [0, 0.05) is 42.4 Å². The number of aromatic amines is 2. The first kappa shape index (κ1) is 55.0. The van der Waals surface area contributed by atoms with E-state index in [0.717, 1.165) is 101 Å². The number of nitrogens with one attached hydrogen (secondary N) is 4. The van der Waals surface area contributed by atoms with Crippen molar-refractivity contribution in [1.29, 1.82) is 0 Å². The molecule has 5 aliphatic heterocycles. The van der Waals surface area contributed by atoms with E-state index in [0.29, 0.717) is 97.0 Å². The predicted molar refractivity (Wildman–Crippen MR) is 312 cm³/mol. The second-order valence-corrected chi connectivity index (χ2v) is 25.3. The maximum Gasteiger partial charge on any atom is 0.262 e. The number of thiophene rings is 2. The first-order valence-corrected chi connectivity index (χ1v) is 31.2. The van der Waals surface area contributed by atoms with Gasteiger partial charge in [0.2, 0.25) is 29.4 Å². The van der Waals surface area contributed by atoms with Crippen LogP contribution >= 0.6 is 22.7 Å². The maximum atomic E-state index is 15.7. The van der Waals surface area contributed by atoms with E-state index >= 15 is 14.4 Å². The van der Waals surface area contributed by atoms with Gasteiger partial charge in [-0.1, -0.05) is 128 Å². The van der Waals surface area contributed by atoms with Crippen molar-refractivity contribution in [3.8, 4) is 9.75 Å². The number of rotatable bonds is 22. The lowest BCUT2D eigenvalue weighted by atomic mass is 9.65. The average Bonchev–Trinajstić information content (AvgIpc) is 2.13. The van der Waals surface area contributed by atoms with Gasteiger partial charge in [0.1, 0.15) is 10.8 Å². The van der Waals surface area contributed by atoms with E-state index in [1.807, 2.05) is 12.2 Å². The Balaban J connectivity index is 1.11. The first-order chi connectivity index (χ1) is 39.2. The van der Waals surface area contributed by atoms with Crippen molar-refractivity contribution in [1.82, 2.24) is 20.6 Å². The number of aromatic nitrogens is 2. The zero-order chi connectivity index (χ0) is 56.7. The second-order valence-electron chi connectivity index (χ2n) is 23.2. The Bertz CT molecular complexity index is 3930. The van der Waals surface area contributed by atoms with Crippen LogP contribution in [0.1, 0.15) is 214 Å². The molecule has 2 aromatic carbocycles.